The smallest absolute Gasteiger partial charge is 0.251 e. The average molecular weight is 372 g/mol. The summed E-state index contributed by atoms with van der Waals surface area (Å²) in [6.07, 6.45) is 5.45. The molecule has 2 aromatic rings. The highest BCUT2D eigenvalue weighted by atomic mass is 32.1. The van der Waals surface area contributed by atoms with Gasteiger partial charge in [0, 0.05) is 49.0 Å². The lowest BCUT2D eigenvalue weighted by Crippen LogP contribution is -2.64. The molecular formula is C19H24N4O2S. The summed E-state index contributed by atoms with van der Waals surface area (Å²) in [7, 11) is 0. The first-order chi connectivity index (χ1) is 12.6. The van der Waals surface area contributed by atoms with E-state index in [0.717, 1.165) is 44.8 Å². The lowest BCUT2D eigenvalue weighted by Gasteiger charge is -2.52. The summed E-state index contributed by atoms with van der Waals surface area (Å²) in [5.41, 5.74) is 3.75. The highest BCUT2D eigenvalue weighted by molar-refractivity contribution is 7.09. The van der Waals surface area contributed by atoms with Crippen molar-refractivity contribution in [3.8, 4) is 0 Å². The third-order valence-electron chi connectivity index (χ3n) is 5.36. The highest BCUT2D eigenvalue weighted by Crippen LogP contribution is 2.37. The van der Waals surface area contributed by atoms with Crippen molar-refractivity contribution >= 4 is 17.2 Å². The summed E-state index contributed by atoms with van der Waals surface area (Å²) in [6.45, 7) is 6.45. The summed E-state index contributed by atoms with van der Waals surface area (Å²) >= 11 is 1.73. The maximum absolute atomic E-state index is 12.1. The second-order valence-corrected chi connectivity index (χ2v) is 8.29. The molecule has 4 rings (SSSR count). The van der Waals surface area contributed by atoms with Gasteiger partial charge in [-0.1, -0.05) is 0 Å². The number of carbonyl (C=O) groups is 1. The van der Waals surface area contributed by atoms with Gasteiger partial charge in [-0.3, -0.25) is 14.7 Å². The Labute approximate surface area is 157 Å². The van der Waals surface area contributed by atoms with Crippen LogP contribution in [0, 0.1) is 12.8 Å². The number of carbonyl (C=O) groups excluding carboxylic acids is 1. The third kappa shape index (κ3) is 3.79. The topological polar surface area (TPSA) is 67.4 Å². The zero-order valence-corrected chi connectivity index (χ0v) is 15.8. The van der Waals surface area contributed by atoms with Crippen LogP contribution in [0.15, 0.2) is 30.0 Å². The monoisotopic (exact) mass is 372 g/mol. The van der Waals surface area contributed by atoms with E-state index in [-0.39, 0.29) is 11.5 Å². The number of hydrogen-bond acceptors (Lipinski definition) is 6. The minimum atomic E-state index is -0.0394. The van der Waals surface area contributed by atoms with Crippen LogP contribution in [-0.2, 0) is 11.3 Å². The van der Waals surface area contributed by atoms with Crippen molar-refractivity contribution in [2.45, 2.75) is 31.9 Å². The minimum Gasteiger partial charge on any atom is -0.372 e. The molecule has 2 saturated heterocycles. The van der Waals surface area contributed by atoms with Gasteiger partial charge in [0.25, 0.3) is 5.91 Å². The van der Waals surface area contributed by atoms with E-state index in [1.165, 1.54) is 4.88 Å². The van der Waals surface area contributed by atoms with Gasteiger partial charge in [0.05, 0.1) is 23.4 Å². The van der Waals surface area contributed by atoms with E-state index in [2.05, 4.69) is 27.1 Å². The number of amides is 1. The molecule has 6 nitrogen and oxygen atoms in total. The molecule has 4 heterocycles. The Balaban J connectivity index is 1.19. The molecule has 0 bridgehead atoms. The zero-order chi connectivity index (χ0) is 18.0. The van der Waals surface area contributed by atoms with E-state index >= 15 is 0 Å². The van der Waals surface area contributed by atoms with Gasteiger partial charge < -0.3 is 10.1 Å². The Morgan fingerprint density at radius 2 is 2.23 bits per heavy atom. The van der Waals surface area contributed by atoms with Crippen molar-refractivity contribution in [1.29, 1.82) is 0 Å². The fraction of sp³-hybridized carbons (Fsp3) is 0.526. The van der Waals surface area contributed by atoms with E-state index in [1.54, 1.807) is 35.9 Å². The molecule has 0 radical (unpaired) electrons. The fourth-order valence-electron chi connectivity index (χ4n) is 3.73. The molecule has 0 aliphatic carbocycles. The van der Waals surface area contributed by atoms with Gasteiger partial charge in [-0.2, -0.15) is 0 Å². The number of thiazole rings is 1. The van der Waals surface area contributed by atoms with Gasteiger partial charge >= 0.3 is 0 Å². The summed E-state index contributed by atoms with van der Waals surface area (Å²) in [5, 5.41) is 3.01. The van der Waals surface area contributed by atoms with E-state index < -0.39 is 0 Å². The Bertz CT molecular complexity index is 748. The standard InChI is InChI=1S/C19H24N4O2S/c1-14-17(26-13-22-14)9-23-11-19(12-23)5-2-15(10-25-19)8-21-18(24)16-3-6-20-7-4-16/h3-4,6-7,13,15H,2,5,8-12H2,1H3,(H,21,24). The van der Waals surface area contributed by atoms with Crippen LogP contribution < -0.4 is 5.32 Å². The van der Waals surface area contributed by atoms with E-state index in [1.807, 2.05) is 5.51 Å². The minimum absolute atomic E-state index is 0.0319. The number of aromatic nitrogens is 2. The number of likely N-dealkylation sites (tertiary alicyclic amines) is 1. The number of rotatable bonds is 5. The van der Waals surface area contributed by atoms with E-state index in [9.17, 15) is 4.79 Å². The van der Waals surface area contributed by atoms with E-state index in [0.29, 0.717) is 18.0 Å². The van der Waals surface area contributed by atoms with Crippen molar-refractivity contribution in [1.82, 2.24) is 20.2 Å². The van der Waals surface area contributed by atoms with Crippen molar-refractivity contribution in [3.05, 3.63) is 46.2 Å². The molecule has 1 atom stereocenters. The zero-order valence-electron chi connectivity index (χ0n) is 15.0. The summed E-state index contributed by atoms with van der Waals surface area (Å²) in [6, 6.07) is 3.46. The van der Waals surface area contributed by atoms with Gasteiger partial charge in [0.15, 0.2) is 0 Å². The molecule has 2 aromatic heterocycles. The molecule has 26 heavy (non-hydrogen) atoms. The maximum atomic E-state index is 12.1. The molecule has 0 saturated carbocycles. The van der Waals surface area contributed by atoms with Gasteiger partial charge in [-0.15, -0.1) is 11.3 Å². The molecule has 2 aliphatic rings. The highest BCUT2D eigenvalue weighted by Gasteiger charge is 2.46. The molecule has 0 aromatic carbocycles. The normalized spacial score (nSPS) is 22.1. The Kier molecular flexibility index (Phi) is 5.02. The first kappa shape index (κ1) is 17.6. The number of nitrogens with one attached hydrogen (secondary N) is 1. The SMILES string of the molecule is Cc1ncsc1CN1CC2(CCC(CNC(=O)c3ccncc3)CO2)C1. The number of pyridine rings is 1. The summed E-state index contributed by atoms with van der Waals surface area (Å²) in [5.74, 6) is 0.353. The molecule has 2 fully saturated rings. The molecule has 1 amide bonds. The van der Waals surface area contributed by atoms with Crippen LogP contribution in [0.2, 0.25) is 0 Å². The van der Waals surface area contributed by atoms with Crippen LogP contribution in [0.25, 0.3) is 0 Å². The molecule has 7 heteroatoms. The molecular weight excluding hydrogens is 348 g/mol. The van der Waals surface area contributed by atoms with E-state index in [4.69, 9.17) is 4.74 Å². The second kappa shape index (κ2) is 7.42. The van der Waals surface area contributed by atoms with Crippen molar-refractivity contribution in [3.63, 3.8) is 0 Å². The van der Waals surface area contributed by atoms with Gasteiger partial charge in [-0.25, -0.2) is 4.98 Å². The lowest BCUT2D eigenvalue weighted by atomic mass is 9.83. The van der Waals surface area contributed by atoms with Crippen LogP contribution in [0.5, 0.6) is 0 Å². The Morgan fingerprint density at radius 1 is 1.42 bits per heavy atom. The van der Waals surface area contributed by atoms with Gasteiger partial charge in [0.1, 0.15) is 0 Å². The van der Waals surface area contributed by atoms with Crippen LogP contribution in [-0.4, -0.2) is 52.6 Å². The summed E-state index contributed by atoms with van der Waals surface area (Å²) in [4.78, 5) is 24.2. The number of aryl methyl sites for hydroxylation is 1. The second-order valence-electron chi connectivity index (χ2n) is 7.35. The Hall–Kier alpha value is -1.83. The van der Waals surface area contributed by atoms with Gasteiger partial charge in [0.2, 0.25) is 0 Å². The molecule has 138 valence electrons. The van der Waals surface area contributed by atoms with Gasteiger partial charge in [-0.05, 0) is 37.8 Å². The quantitative estimate of drug-likeness (QED) is 0.872. The maximum Gasteiger partial charge on any atom is 0.251 e. The van der Waals surface area contributed by atoms with Crippen molar-refractivity contribution in [2.75, 3.05) is 26.2 Å². The number of ether oxygens (including phenoxy) is 1. The third-order valence-corrected chi connectivity index (χ3v) is 6.28. The predicted molar refractivity (Wildman–Crippen MR) is 100 cm³/mol. The van der Waals surface area contributed by atoms with Crippen molar-refractivity contribution < 1.29 is 9.53 Å². The number of nitrogens with zero attached hydrogens (tertiary/aromatic N) is 3. The van der Waals surface area contributed by atoms with Crippen LogP contribution in [0.1, 0.15) is 33.8 Å². The largest absolute Gasteiger partial charge is 0.372 e. The first-order valence-electron chi connectivity index (χ1n) is 9.07. The van der Waals surface area contributed by atoms with Crippen molar-refractivity contribution in [2.24, 2.45) is 5.92 Å². The molecule has 1 spiro atoms. The predicted octanol–water partition coefficient (Wildman–Crippen LogP) is 2.26. The van der Waals surface area contributed by atoms with Crippen LogP contribution in [0.4, 0.5) is 0 Å². The first-order valence-corrected chi connectivity index (χ1v) is 9.95. The molecule has 1 unspecified atom stereocenters. The molecule has 1 N–H and O–H groups in total. The fourth-order valence-corrected chi connectivity index (χ4v) is 4.55. The Morgan fingerprint density at radius 3 is 2.88 bits per heavy atom. The van der Waals surface area contributed by atoms with Crippen LogP contribution >= 0.6 is 11.3 Å². The van der Waals surface area contributed by atoms with Crippen LogP contribution in [0.3, 0.4) is 0 Å². The lowest BCUT2D eigenvalue weighted by molar-refractivity contribution is -0.181. The number of hydrogen-bond donors (Lipinski definition) is 1. The summed E-state index contributed by atoms with van der Waals surface area (Å²) < 4.78 is 6.22. The molecule has 2 aliphatic heterocycles. The average Bonchev–Trinajstić information content (AvgIpc) is 3.05.